The Hall–Kier alpha value is -1.67. The first kappa shape index (κ1) is 15.7. The van der Waals surface area contributed by atoms with Gasteiger partial charge in [-0.2, -0.15) is 0 Å². The lowest BCUT2D eigenvalue weighted by atomic mass is 9.86. The minimum atomic E-state index is -0.180. The van der Waals surface area contributed by atoms with Crippen molar-refractivity contribution in [3.05, 3.63) is 70.5 Å². The number of benzene rings is 2. The molecule has 0 aliphatic carbocycles. The molecule has 21 heavy (non-hydrogen) atoms. The Balaban J connectivity index is 2.12. The second-order valence-electron chi connectivity index (χ2n) is 6.77. The second-order valence-corrected chi connectivity index (χ2v) is 6.77. The van der Waals surface area contributed by atoms with E-state index in [-0.39, 0.29) is 17.3 Å². The van der Waals surface area contributed by atoms with E-state index in [1.54, 1.807) is 13.0 Å². The maximum atomic E-state index is 13.3. The van der Waals surface area contributed by atoms with E-state index < -0.39 is 0 Å². The average Bonchev–Trinajstić information content (AvgIpc) is 2.41. The molecule has 112 valence electrons. The summed E-state index contributed by atoms with van der Waals surface area (Å²) in [5, 5.41) is 0. The molecule has 1 atom stereocenters. The monoisotopic (exact) mass is 285 g/mol. The fourth-order valence-corrected chi connectivity index (χ4v) is 2.41. The molecular weight excluding hydrogens is 261 g/mol. The Morgan fingerprint density at radius 2 is 1.67 bits per heavy atom. The highest BCUT2D eigenvalue weighted by atomic mass is 19.1. The highest BCUT2D eigenvalue weighted by molar-refractivity contribution is 5.31. The summed E-state index contributed by atoms with van der Waals surface area (Å²) < 4.78 is 13.3. The Kier molecular flexibility index (Phi) is 4.48. The van der Waals surface area contributed by atoms with Gasteiger partial charge in [-0.1, -0.05) is 57.2 Å². The van der Waals surface area contributed by atoms with Crippen molar-refractivity contribution in [3.8, 4) is 0 Å². The molecule has 0 radical (unpaired) electrons. The Morgan fingerprint density at radius 1 is 1.05 bits per heavy atom. The van der Waals surface area contributed by atoms with Gasteiger partial charge in [0.15, 0.2) is 0 Å². The normalized spacial score (nSPS) is 13.2. The van der Waals surface area contributed by atoms with Crippen molar-refractivity contribution in [2.24, 2.45) is 5.73 Å². The summed E-state index contributed by atoms with van der Waals surface area (Å²) in [4.78, 5) is 0. The van der Waals surface area contributed by atoms with Crippen LogP contribution in [0.4, 0.5) is 4.39 Å². The second kappa shape index (κ2) is 5.98. The van der Waals surface area contributed by atoms with Crippen molar-refractivity contribution in [1.29, 1.82) is 0 Å². The minimum absolute atomic E-state index is 0.107. The SMILES string of the molecule is Cc1cc(C(N)Cc2ccc(C(C)(C)C)cc2)ccc1F. The van der Waals surface area contributed by atoms with Gasteiger partial charge < -0.3 is 5.73 Å². The van der Waals surface area contributed by atoms with Crippen molar-refractivity contribution in [3.63, 3.8) is 0 Å². The molecule has 1 nitrogen and oxygen atoms in total. The van der Waals surface area contributed by atoms with Crippen LogP contribution in [0.5, 0.6) is 0 Å². The summed E-state index contributed by atoms with van der Waals surface area (Å²) in [6.07, 6.45) is 0.759. The number of rotatable bonds is 3. The fourth-order valence-electron chi connectivity index (χ4n) is 2.41. The van der Waals surface area contributed by atoms with Crippen LogP contribution < -0.4 is 5.73 Å². The van der Waals surface area contributed by atoms with Gasteiger partial charge in [-0.3, -0.25) is 0 Å². The molecule has 2 heteroatoms. The highest BCUT2D eigenvalue weighted by Crippen LogP contribution is 2.24. The van der Waals surface area contributed by atoms with E-state index in [4.69, 9.17) is 5.73 Å². The van der Waals surface area contributed by atoms with Crippen molar-refractivity contribution >= 4 is 0 Å². The van der Waals surface area contributed by atoms with Crippen LogP contribution in [0, 0.1) is 12.7 Å². The molecule has 0 fully saturated rings. The summed E-state index contributed by atoms with van der Waals surface area (Å²) in [5.41, 5.74) is 10.6. The topological polar surface area (TPSA) is 26.0 Å². The van der Waals surface area contributed by atoms with E-state index in [9.17, 15) is 4.39 Å². The van der Waals surface area contributed by atoms with E-state index in [0.29, 0.717) is 5.56 Å². The van der Waals surface area contributed by atoms with E-state index in [1.165, 1.54) is 17.2 Å². The van der Waals surface area contributed by atoms with Crippen molar-refractivity contribution in [2.45, 2.75) is 45.6 Å². The number of halogens is 1. The molecule has 0 bridgehead atoms. The van der Waals surface area contributed by atoms with Crippen molar-refractivity contribution in [2.75, 3.05) is 0 Å². The molecule has 0 aromatic heterocycles. The van der Waals surface area contributed by atoms with E-state index in [0.717, 1.165) is 12.0 Å². The highest BCUT2D eigenvalue weighted by Gasteiger charge is 2.14. The fraction of sp³-hybridized carbons (Fsp3) is 0.368. The van der Waals surface area contributed by atoms with Crippen LogP contribution in [0.15, 0.2) is 42.5 Å². The van der Waals surface area contributed by atoms with Gasteiger partial charge in [-0.15, -0.1) is 0 Å². The lowest BCUT2D eigenvalue weighted by molar-refractivity contribution is 0.589. The first-order valence-corrected chi connectivity index (χ1v) is 7.38. The molecule has 2 N–H and O–H groups in total. The molecule has 0 aliphatic rings. The number of aryl methyl sites for hydroxylation is 1. The van der Waals surface area contributed by atoms with E-state index in [1.807, 2.05) is 6.07 Å². The van der Waals surface area contributed by atoms with Crippen LogP contribution in [0.2, 0.25) is 0 Å². The third-order valence-electron chi connectivity index (χ3n) is 3.89. The van der Waals surface area contributed by atoms with Gasteiger partial charge in [0, 0.05) is 6.04 Å². The molecule has 0 heterocycles. The molecule has 2 rings (SSSR count). The van der Waals surface area contributed by atoms with Crippen LogP contribution in [0.3, 0.4) is 0 Å². The van der Waals surface area contributed by atoms with Gasteiger partial charge in [0.1, 0.15) is 5.82 Å². The van der Waals surface area contributed by atoms with Gasteiger partial charge in [0.05, 0.1) is 0 Å². The van der Waals surface area contributed by atoms with Crippen LogP contribution in [0.1, 0.15) is 49.1 Å². The first-order chi connectivity index (χ1) is 9.77. The number of hydrogen-bond acceptors (Lipinski definition) is 1. The first-order valence-electron chi connectivity index (χ1n) is 7.38. The van der Waals surface area contributed by atoms with Gasteiger partial charge in [0.2, 0.25) is 0 Å². The van der Waals surface area contributed by atoms with E-state index >= 15 is 0 Å². The van der Waals surface area contributed by atoms with Crippen LogP contribution in [-0.4, -0.2) is 0 Å². The molecule has 0 amide bonds. The molecule has 0 saturated heterocycles. The summed E-state index contributed by atoms with van der Waals surface area (Å²) in [7, 11) is 0. The van der Waals surface area contributed by atoms with Crippen molar-refractivity contribution < 1.29 is 4.39 Å². The predicted octanol–water partition coefficient (Wildman–Crippen LogP) is 4.67. The molecule has 2 aromatic carbocycles. The number of nitrogens with two attached hydrogens (primary N) is 1. The Bertz CT molecular complexity index is 608. The molecule has 0 aliphatic heterocycles. The quantitative estimate of drug-likeness (QED) is 0.871. The van der Waals surface area contributed by atoms with Gasteiger partial charge in [-0.25, -0.2) is 4.39 Å². The lowest BCUT2D eigenvalue weighted by Gasteiger charge is -2.20. The molecule has 0 spiro atoms. The van der Waals surface area contributed by atoms with Crippen LogP contribution in [-0.2, 0) is 11.8 Å². The third kappa shape index (κ3) is 3.92. The zero-order chi connectivity index (χ0) is 15.6. The average molecular weight is 285 g/mol. The maximum absolute atomic E-state index is 13.3. The molecule has 0 saturated carbocycles. The minimum Gasteiger partial charge on any atom is -0.324 e. The van der Waals surface area contributed by atoms with E-state index in [2.05, 4.69) is 45.0 Å². The zero-order valence-corrected chi connectivity index (χ0v) is 13.3. The number of hydrogen-bond donors (Lipinski definition) is 1. The molecule has 2 aromatic rings. The van der Waals surface area contributed by atoms with Crippen molar-refractivity contribution in [1.82, 2.24) is 0 Å². The molecular formula is C19H24FN. The summed E-state index contributed by atoms with van der Waals surface area (Å²) in [6.45, 7) is 8.38. The Morgan fingerprint density at radius 3 is 2.19 bits per heavy atom. The zero-order valence-electron chi connectivity index (χ0n) is 13.3. The van der Waals surface area contributed by atoms with Gasteiger partial charge in [-0.05, 0) is 47.1 Å². The standard InChI is InChI=1S/C19H24FN/c1-13-11-15(7-10-17(13)20)18(21)12-14-5-8-16(9-6-14)19(2,3)4/h5-11,18H,12,21H2,1-4H3. The predicted molar refractivity (Wildman–Crippen MR) is 86.9 cm³/mol. The summed E-state index contributed by atoms with van der Waals surface area (Å²) in [6, 6.07) is 13.6. The lowest BCUT2D eigenvalue weighted by Crippen LogP contribution is -2.14. The Labute approximate surface area is 127 Å². The van der Waals surface area contributed by atoms with Crippen LogP contribution >= 0.6 is 0 Å². The van der Waals surface area contributed by atoms with Crippen LogP contribution in [0.25, 0.3) is 0 Å². The summed E-state index contributed by atoms with van der Waals surface area (Å²) >= 11 is 0. The summed E-state index contributed by atoms with van der Waals surface area (Å²) in [5.74, 6) is -0.180. The third-order valence-corrected chi connectivity index (χ3v) is 3.89. The smallest absolute Gasteiger partial charge is 0.126 e. The van der Waals surface area contributed by atoms with Gasteiger partial charge >= 0.3 is 0 Å². The van der Waals surface area contributed by atoms with Gasteiger partial charge in [0.25, 0.3) is 0 Å². The largest absolute Gasteiger partial charge is 0.324 e. The molecule has 1 unspecified atom stereocenters. The maximum Gasteiger partial charge on any atom is 0.126 e.